The summed E-state index contributed by atoms with van der Waals surface area (Å²) in [7, 11) is 0. The lowest BCUT2D eigenvalue weighted by molar-refractivity contribution is 0.0694. The first kappa shape index (κ1) is 12.4. The number of hydrogen-bond donors (Lipinski definition) is 0. The topological polar surface area (TPSA) is 35.0 Å². The van der Waals surface area contributed by atoms with E-state index in [1.165, 1.54) is 0 Å². The molecule has 1 aromatic rings. The first-order valence-electron chi connectivity index (χ1n) is 5.13. The summed E-state index contributed by atoms with van der Waals surface area (Å²) in [6.45, 7) is 2.70. The highest BCUT2D eigenvalue weighted by Gasteiger charge is 2.21. The largest absolute Gasteiger partial charge is 0.368 e. The minimum absolute atomic E-state index is 0.0837. The number of aromatic nitrogens is 2. The van der Waals surface area contributed by atoms with Crippen molar-refractivity contribution in [2.75, 3.05) is 18.1 Å². The second-order valence-electron chi connectivity index (χ2n) is 3.43. The molecule has 0 spiro atoms. The molecule has 0 N–H and O–H groups in total. The lowest BCUT2D eigenvalue weighted by Crippen LogP contribution is -2.18. The number of hydrogen-bond acceptors (Lipinski definition) is 4. The van der Waals surface area contributed by atoms with Gasteiger partial charge in [0, 0.05) is 17.1 Å². The van der Waals surface area contributed by atoms with E-state index < -0.39 is 0 Å². The van der Waals surface area contributed by atoms with Crippen molar-refractivity contribution in [3.8, 4) is 0 Å². The van der Waals surface area contributed by atoms with Crippen molar-refractivity contribution in [1.82, 2.24) is 9.97 Å². The molecule has 3 nitrogen and oxygen atoms in total. The number of ether oxygens (including phenoxy) is 1. The monoisotopic (exact) mass is 278 g/mol. The maximum atomic E-state index is 6.06. The SMILES string of the molecule is CCc1c(Cl)nc(C2CSCCO2)nc1Cl. The van der Waals surface area contributed by atoms with Gasteiger partial charge >= 0.3 is 0 Å². The van der Waals surface area contributed by atoms with E-state index in [9.17, 15) is 0 Å². The molecule has 88 valence electrons. The van der Waals surface area contributed by atoms with Gasteiger partial charge in [0.05, 0.1) is 6.61 Å². The Kier molecular flexibility index (Phi) is 4.30. The predicted molar refractivity (Wildman–Crippen MR) is 67.4 cm³/mol. The molecule has 16 heavy (non-hydrogen) atoms. The molecule has 6 heteroatoms. The zero-order chi connectivity index (χ0) is 11.5. The normalized spacial score (nSPS) is 21.1. The molecule has 1 saturated heterocycles. The van der Waals surface area contributed by atoms with E-state index in [4.69, 9.17) is 27.9 Å². The zero-order valence-corrected chi connectivity index (χ0v) is 11.2. The lowest BCUT2D eigenvalue weighted by atomic mass is 10.2. The van der Waals surface area contributed by atoms with Crippen LogP contribution in [0.4, 0.5) is 0 Å². The van der Waals surface area contributed by atoms with E-state index in [2.05, 4.69) is 9.97 Å². The summed E-state index contributed by atoms with van der Waals surface area (Å²) in [5, 5.41) is 0.883. The molecule has 1 unspecified atom stereocenters. The van der Waals surface area contributed by atoms with Gasteiger partial charge in [0.2, 0.25) is 0 Å². The molecule has 0 radical (unpaired) electrons. The Balaban J connectivity index is 2.28. The summed E-state index contributed by atoms with van der Waals surface area (Å²) in [4.78, 5) is 8.52. The van der Waals surface area contributed by atoms with E-state index in [0.717, 1.165) is 30.1 Å². The van der Waals surface area contributed by atoms with E-state index in [1.807, 2.05) is 18.7 Å². The fourth-order valence-corrected chi connectivity index (χ4v) is 3.03. The summed E-state index contributed by atoms with van der Waals surface area (Å²) in [6.07, 6.45) is 0.651. The predicted octanol–water partition coefficient (Wildman–Crippen LogP) is 3.15. The van der Waals surface area contributed by atoms with Crippen molar-refractivity contribution in [2.24, 2.45) is 0 Å². The Morgan fingerprint density at radius 2 is 2.06 bits per heavy atom. The Morgan fingerprint density at radius 3 is 2.56 bits per heavy atom. The smallest absolute Gasteiger partial charge is 0.161 e. The number of nitrogens with zero attached hydrogens (tertiary/aromatic N) is 2. The van der Waals surface area contributed by atoms with Crippen molar-refractivity contribution in [3.63, 3.8) is 0 Å². The van der Waals surface area contributed by atoms with Crippen LogP contribution in [0.5, 0.6) is 0 Å². The summed E-state index contributed by atoms with van der Waals surface area (Å²) in [5.41, 5.74) is 0.801. The van der Waals surface area contributed by atoms with Gasteiger partial charge in [-0.15, -0.1) is 0 Å². The molecule has 1 aliphatic rings. The third-order valence-electron chi connectivity index (χ3n) is 2.38. The average molecular weight is 279 g/mol. The van der Waals surface area contributed by atoms with Crippen LogP contribution < -0.4 is 0 Å². The van der Waals surface area contributed by atoms with Gasteiger partial charge in [0.25, 0.3) is 0 Å². The van der Waals surface area contributed by atoms with Crippen LogP contribution in [0.2, 0.25) is 10.3 Å². The van der Waals surface area contributed by atoms with E-state index in [-0.39, 0.29) is 6.10 Å². The molecule has 0 saturated carbocycles. The molecule has 0 bridgehead atoms. The molecule has 2 rings (SSSR count). The van der Waals surface area contributed by atoms with E-state index in [1.54, 1.807) is 0 Å². The molecule has 2 heterocycles. The van der Waals surface area contributed by atoms with Crippen molar-refractivity contribution >= 4 is 35.0 Å². The highest BCUT2D eigenvalue weighted by Crippen LogP contribution is 2.28. The summed E-state index contributed by atoms with van der Waals surface area (Å²) in [5.74, 6) is 2.47. The summed E-state index contributed by atoms with van der Waals surface area (Å²) in [6, 6.07) is 0. The second kappa shape index (κ2) is 5.54. The van der Waals surface area contributed by atoms with Crippen LogP contribution >= 0.6 is 35.0 Å². The van der Waals surface area contributed by atoms with Crippen LogP contribution in [0.25, 0.3) is 0 Å². The highest BCUT2D eigenvalue weighted by atomic mass is 35.5. The molecule has 1 aliphatic heterocycles. The Bertz CT molecular complexity index is 360. The molecule has 0 amide bonds. The third kappa shape index (κ3) is 2.62. The highest BCUT2D eigenvalue weighted by molar-refractivity contribution is 7.99. The fraction of sp³-hybridized carbons (Fsp3) is 0.600. The van der Waals surface area contributed by atoms with E-state index in [0.29, 0.717) is 16.1 Å². The second-order valence-corrected chi connectivity index (χ2v) is 5.30. The minimum atomic E-state index is -0.0837. The standard InChI is InChI=1S/C10H12Cl2N2OS/c1-2-6-8(11)13-10(14-9(6)12)7-5-16-4-3-15-7/h7H,2-5H2,1H3. The maximum Gasteiger partial charge on any atom is 0.161 e. The van der Waals surface area contributed by atoms with Crippen molar-refractivity contribution in [1.29, 1.82) is 0 Å². The molecule has 1 fully saturated rings. The lowest BCUT2D eigenvalue weighted by Gasteiger charge is -2.21. The van der Waals surface area contributed by atoms with Crippen molar-refractivity contribution in [2.45, 2.75) is 19.4 Å². The van der Waals surface area contributed by atoms with Gasteiger partial charge in [-0.25, -0.2) is 9.97 Å². The molecular formula is C10H12Cl2N2OS. The first-order valence-corrected chi connectivity index (χ1v) is 7.04. The molecule has 1 atom stereocenters. The van der Waals surface area contributed by atoms with Crippen LogP contribution in [0.1, 0.15) is 24.4 Å². The van der Waals surface area contributed by atoms with Gasteiger partial charge in [-0.1, -0.05) is 30.1 Å². The third-order valence-corrected chi connectivity index (χ3v) is 4.00. The van der Waals surface area contributed by atoms with Crippen LogP contribution in [-0.4, -0.2) is 28.1 Å². The Hall–Kier alpha value is -0.0300. The van der Waals surface area contributed by atoms with Gasteiger partial charge in [-0.05, 0) is 6.42 Å². The average Bonchev–Trinajstić information content (AvgIpc) is 2.30. The number of thioether (sulfide) groups is 1. The Labute approximate surface area is 109 Å². The van der Waals surface area contributed by atoms with Crippen LogP contribution in [0, 0.1) is 0 Å². The van der Waals surface area contributed by atoms with Gasteiger partial charge in [-0.3, -0.25) is 0 Å². The van der Waals surface area contributed by atoms with Crippen molar-refractivity contribution < 1.29 is 4.74 Å². The quantitative estimate of drug-likeness (QED) is 0.779. The summed E-state index contributed by atoms with van der Waals surface area (Å²) < 4.78 is 5.58. The van der Waals surface area contributed by atoms with Crippen LogP contribution in [0.15, 0.2) is 0 Å². The molecule has 0 aliphatic carbocycles. The number of halogens is 2. The van der Waals surface area contributed by atoms with Crippen LogP contribution in [0.3, 0.4) is 0 Å². The maximum absolute atomic E-state index is 6.06. The minimum Gasteiger partial charge on any atom is -0.368 e. The Morgan fingerprint density at radius 1 is 1.38 bits per heavy atom. The zero-order valence-electron chi connectivity index (χ0n) is 8.87. The molecule has 1 aromatic heterocycles. The van der Waals surface area contributed by atoms with Gasteiger partial charge in [0.1, 0.15) is 16.4 Å². The molecule has 0 aromatic carbocycles. The fourth-order valence-electron chi connectivity index (χ4n) is 1.52. The van der Waals surface area contributed by atoms with E-state index >= 15 is 0 Å². The summed E-state index contributed by atoms with van der Waals surface area (Å²) >= 11 is 13.9. The van der Waals surface area contributed by atoms with Crippen LogP contribution in [-0.2, 0) is 11.2 Å². The van der Waals surface area contributed by atoms with Gasteiger partial charge in [-0.2, -0.15) is 11.8 Å². The molecular weight excluding hydrogens is 267 g/mol. The first-order chi connectivity index (χ1) is 7.72. The van der Waals surface area contributed by atoms with Gasteiger partial charge < -0.3 is 4.74 Å². The number of rotatable bonds is 2. The van der Waals surface area contributed by atoms with Crippen molar-refractivity contribution in [3.05, 3.63) is 21.7 Å². The van der Waals surface area contributed by atoms with Gasteiger partial charge in [0.15, 0.2) is 5.82 Å².